The van der Waals surface area contributed by atoms with Crippen LogP contribution in [0.15, 0.2) is 24.3 Å². The van der Waals surface area contributed by atoms with Crippen LogP contribution in [0.25, 0.3) is 0 Å². The van der Waals surface area contributed by atoms with Crippen LogP contribution in [0.4, 0.5) is 0 Å². The minimum atomic E-state index is 0.0223. The molecule has 2 bridgehead atoms. The highest BCUT2D eigenvalue weighted by molar-refractivity contribution is 5.33. The summed E-state index contributed by atoms with van der Waals surface area (Å²) in [5.41, 5.74) is 0. The molecule has 2 unspecified atom stereocenters. The molecular formula is C24H42N2O3. The Hall–Kier alpha value is -1.30. The highest BCUT2D eigenvalue weighted by Gasteiger charge is 2.20. The van der Waals surface area contributed by atoms with Gasteiger partial charge in [-0.1, -0.05) is 45.6 Å². The van der Waals surface area contributed by atoms with Crippen molar-refractivity contribution in [2.24, 2.45) is 0 Å². The molecule has 0 saturated carbocycles. The van der Waals surface area contributed by atoms with Crippen LogP contribution < -0.4 is 9.47 Å². The molecule has 1 aromatic carbocycles. The summed E-state index contributed by atoms with van der Waals surface area (Å²) in [5, 5.41) is 0. The van der Waals surface area contributed by atoms with Gasteiger partial charge in [-0.15, -0.1) is 0 Å². The van der Waals surface area contributed by atoms with E-state index in [9.17, 15) is 0 Å². The van der Waals surface area contributed by atoms with Gasteiger partial charge in [-0.2, -0.15) is 0 Å². The van der Waals surface area contributed by atoms with Crippen LogP contribution in [0.1, 0.15) is 65.2 Å². The van der Waals surface area contributed by atoms with Crippen molar-refractivity contribution in [3.05, 3.63) is 24.3 Å². The summed E-state index contributed by atoms with van der Waals surface area (Å²) in [7, 11) is 4.29. The largest absolute Gasteiger partial charge is 0.475 e. The van der Waals surface area contributed by atoms with E-state index in [0.717, 1.165) is 37.4 Å². The Morgan fingerprint density at radius 3 is 1.72 bits per heavy atom. The quantitative estimate of drug-likeness (QED) is 0.502. The molecule has 1 heterocycles. The predicted molar refractivity (Wildman–Crippen MR) is 120 cm³/mol. The molecule has 29 heavy (non-hydrogen) atoms. The maximum atomic E-state index is 6.35. The number of fused-ring (bicyclic) bond motifs is 2. The van der Waals surface area contributed by atoms with E-state index in [1.165, 1.54) is 38.5 Å². The van der Waals surface area contributed by atoms with Crippen molar-refractivity contribution >= 4 is 0 Å². The first-order chi connectivity index (χ1) is 14.1. The second-order valence-electron chi connectivity index (χ2n) is 8.19. The van der Waals surface area contributed by atoms with E-state index < -0.39 is 0 Å². The second-order valence-corrected chi connectivity index (χ2v) is 8.19. The molecule has 0 saturated heterocycles. The van der Waals surface area contributed by atoms with Gasteiger partial charge in [0.25, 0.3) is 0 Å². The highest BCUT2D eigenvalue weighted by Crippen LogP contribution is 2.24. The molecule has 0 aliphatic carbocycles. The third-order valence-electron chi connectivity index (χ3n) is 5.58. The fraction of sp³-hybridized carbons (Fsp3) is 0.750. The topological polar surface area (TPSA) is 34.2 Å². The van der Waals surface area contributed by atoms with Crippen LogP contribution in [-0.2, 0) is 4.74 Å². The van der Waals surface area contributed by atoms with E-state index in [1.807, 2.05) is 24.3 Å². The first kappa shape index (κ1) is 24.0. The van der Waals surface area contributed by atoms with Gasteiger partial charge in [-0.3, -0.25) is 9.80 Å². The van der Waals surface area contributed by atoms with Gasteiger partial charge >= 0.3 is 0 Å². The molecular weight excluding hydrogens is 364 g/mol. The summed E-state index contributed by atoms with van der Waals surface area (Å²) >= 11 is 0. The molecule has 0 aromatic heterocycles. The number of unbranched alkanes of at least 4 members (excludes halogenated alkanes) is 4. The first-order valence-corrected chi connectivity index (χ1v) is 11.6. The molecule has 2 atom stereocenters. The maximum absolute atomic E-state index is 6.35. The first-order valence-electron chi connectivity index (χ1n) is 11.6. The Morgan fingerprint density at radius 2 is 1.28 bits per heavy atom. The molecule has 0 N–H and O–H groups in total. The summed E-state index contributed by atoms with van der Waals surface area (Å²) in [6.45, 7) is 7.96. The smallest absolute Gasteiger partial charge is 0.154 e. The van der Waals surface area contributed by atoms with Crippen LogP contribution in [-0.4, -0.2) is 62.7 Å². The number of hydrogen-bond donors (Lipinski definition) is 0. The van der Waals surface area contributed by atoms with Crippen LogP contribution in [0.2, 0.25) is 0 Å². The average Bonchev–Trinajstić information content (AvgIpc) is 2.71. The zero-order valence-electron chi connectivity index (χ0n) is 19.1. The van der Waals surface area contributed by atoms with E-state index in [-0.39, 0.29) is 12.5 Å². The van der Waals surface area contributed by atoms with Gasteiger partial charge in [0.05, 0.1) is 13.2 Å². The van der Waals surface area contributed by atoms with Crippen molar-refractivity contribution in [2.75, 3.05) is 40.4 Å². The highest BCUT2D eigenvalue weighted by atomic mass is 16.5. The number of hydrogen-bond acceptors (Lipinski definition) is 5. The Bertz CT molecular complexity index is 511. The van der Waals surface area contributed by atoms with Crippen molar-refractivity contribution in [3.8, 4) is 11.5 Å². The molecule has 1 aliphatic rings. The van der Waals surface area contributed by atoms with Crippen molar-refractivity contribution in [2.45, 2.75) is 77.7 Å². The second kappa shape index (κ2) is 13.8. The van der Waals surface area contributed by atoms with Gasteiger partial charge in [0.1, 0.15) is 11.5 Å². The Morgan fingerprint density at radius 1 is 0.793 bits per heavy atom. The molecule has 1 aromatic rings. The molecule has 1 aliphatic heterocycles. The zero-order chi connectivity index (χ0) is 20.9. The SMILES string of the molecule is CCCCCN(C)C1CCOCCC(N(C)CCCCC)Oc2cccc(c2)O1. The standard InChI is InChI=1S/C24H42N2O3/c1-5-7-9-16-25(3)23-14-18-27-19-15-24(26(4)17-10-8-6-2)29-22-13-11-12-21(20-22)28-23/h11-13,20,23-24H,5-10,14-19H2,1-4H3. The van der Waals surface area contributed by atoms with Gasteiger partial charge in [0.2, 0.25) is 0 Å². The maximum Gasteiger partial charge on any atom is 0.154 e. The lowest BCUT2D eigenvalue weighted by Gasteiger charge is -2.31. The van der Waals surface area contributed by atoms with Crippen LogP contribution in [0.5, 0.6) is 11.5 Å². The molecule has 166 valence electrons. The Labute approximate surface area is 178 Å². The van der Waals surface area contributed by atoms with Gasteiger partial charge < -0.3 is 14.2 Å². The fourth-order valence-electron chi connectivity index (χ4n) is 3.65. The molecule has 0 amide bonds. The lowest BCUT2D eigenvalue weighted by molar-refractivity contribution is -0.0157. The minimum absolute atomic E-state index is 0.0223. The molecule has 0 spiro atoms. The Kier molecular flexibility index (Phi) is 11.4. The number of nitrogens with zero attached hydrogens (tertiary/aromatic N) is 2. The third kappa shape index (κ3) is 8.93. The summed E-state index contributed by atoms with van der Waals surface area (Å²) in [6, 6.07) is 8.09. The van der Waals surface area contributed by atoms with Gasteiger partial charge in [0.15, 0.2) is 12.5 Å². The third-order valence-corrected chi connectivity index (χ3v) is 5.58. The lowest BCUT2D eigenvalue weighted by Crippen LogP contribution is -2.40. The summed E-state index contributed by atoms with van der Waals surface area (Å²) < 4.78 is 18.7. The molecule has 5 heteroatoms. The van der Waals surface area contributed by atoms with Crippen LogP contribution >= 0.6 is 0 Å². The van der Waals surface area contributed by atoms with Gasteiger partial charge in [-0.25, -0.2) is 0 Å². The van der Waals surface area contributed by atoms with Crippen LogP contribution in [0, 0.1) is 0 Å². The zero-order valence-corrected chi connectivity index (χ0v) is 19.1. The fourth-order valence-corrected chi connectivity index (χ4v) is 3.65. The predicted octanol–water partition coefficient (Wildman–Crippen LogP) is 5.15. The summed E-state index contributed by atoms with van der Waals surface area (Å²) in [4.78, 5) is 4.62. The van der Waals surface area contributed by atoms with Crippen molar-refractivity contribution in [3.63, 3.8) is 0 Å². The van der Waals surface area contributed by atoms with Gasteiger partial charge in [-0.05, 0) is 39.1 Å². The number of rotatable bonds is 10. The average molecular weight is 407 g/mol. The monoisotopic (exact) mass is 406 g/mol. The lowest BCUT2D eigenvalue weighted by atomic mass is 10.2. The summed E-state index contributed by atoms with van der Waals surface area (Å²) in [6.07, 6.45) is 9.14. The van der Waals surface area contributed by atoms with E-state index in [0.29, 0.717) is 13.2 Å². The normalized spacial score (nSPS) is 20.6. The summed E-state index contributed by atoms with van der Waals surface area (Å²) in [5.74, 6) is 1.73. The number of benzene rings is 1. The molecule has 5 nitrogen and oxygen atoms in total. The van der Waals surface area contributed by atoms with Crippen molar-refractivity contribution in [1.82, 2.24) is 9.80 Å². The van der Waals surface area contributed by atoms with E-state index >= 15 is 0 Å². The van der Waals surface area contributed by atoms with E-state index in [2.05, 4.69) is 37.7 Å². The van der Waals surface area contributed by atoms with Gasteiger partial charge in [0, 0.05) is 32.0 Å². The van der Waals surface area contributed by atoms with E-state index in [1.54, 1.807) is 0 Å². The van der Waals surface area contributed by atoms with Crippen molar-refractivity contribution < 1.29 is 14.2 Å². The molecule has 2 rings (SSSR count). The number of ether oxygens (including phenoxy) is 3. The van der Waals surface area contributed by atoms with Crippen molar-refractivity contribution in [1.29, 1.82) is 0 Å². The molecule has 0 radical (unpaired) electrons. The van der Waals surface area contributed by atoms with Crippen LogP contribution in [0.3, 0.4) is 0 Å². The van der Waals surface area contributed by atoms with E-state index in [4.69, 9.17) is 14.2 Å². The Balaban J connectivity index is 2.04. The molecule has 0 fully saturated rings. The minimum Gasteiger partial charge on any atom is -0.475 e.